The first-order valence-electron chi connectivity index (χ1n) is 6.96. The summed E-state index contributed by atoms with van der Waals surface area (Å²) in [6, 6.07) is 4.97. The number of carboxylic acids is 1. The average Bonchev–Trinajstić information content (AvgIpc) is 2.88. The van der Waals surface area contributed by atoms with Gasteiger partial charge in [-0.15, -0.1) is 0 Å². The van der Waals surface area contributed by atoms with Gasteiger partial charge in [0.05, 0.1) is 28.4 Å². The molecule has 1 aromatic heterocycles. The molecule has 0 fully saturated rings. The van der Waals surface area contributed by atoms with Crippen LogP contribution < -0.4 is 0 Å². The molecule has 8 nitrogen and oxygen atoms in total. The molecule has 24 heavy (non-hydrogen) atoms. The number of aromatic carboxylic acids is 1. The van der Waals surface area contributed by atoms with Crippen LogP contribution in [0, 0.1) is 6.92 Å². The fraction of sp³-hybridized carbons (Fsp3) is 0.267. The minimum Gasteiger partial charge on any atom is -0.478 e. The Balaban J connectivity index is 2.78. The predicted molar refractivity (Wildman–Crippen MR) is 84.3 cm³/mol. The minimum absolute atomic E-state index is 0.0155. The summed E-state index contributed by atoms with van der Waals surface area (Å²) in [5, 5.41) is 13.3. The van der Waals surface area contributed by atoms with E-state index in [1.807, 2.05) is 0 Å². The standard InChI is InChI=1S/C15H16N2O6S/c1-4-23-15(20)12-7-9(2)16-17(12)11-8-10(14(18)19)5-6-13(11)24(3,21)22/h5-8H,4H2,1-3H3,(H,18,19). The molecule has 2 rings (SSSR count). The van der Waals surface area contributed by atoms with Crippen molar-refractivity contribution in [3.63, 3.8) is 0 Å². The van der Waals surface area contributed by atoms with E-state index in [1.165, 1.54) is 18.2 Å². The van der Waals surface area contributed by atoms with E-state index in [-0.39, 0.29) is 28.4 Å². The van der Waals surface area contributed by atoms with Crippen molar-refractivity contribution in [2.24, 2.45) is 0 Å². The highest BCUT2D eigenvalue weighted by Gasteiger charge is 2.23. The van der Waals surface area contributed by atoms with Crippen LogP contribution in [0.15, 0.2) is 29.2 Å². The van der Waals surface area contributed by atoms with Gasteiger partial charge in [-0.3, -0.25) is 0 Å². The van der Waals surface area contributed by atoms with Crippen LogP contribution in [-0.4, -0.2) is 48.1 Å². The number of ether oxygens (including phenoxy) is 1. The fourth-order valence-corrected chi connectivity index (χ4v) is 3.00. The summed E-state index contributed by atoms with van der Waals surface area (Å²) in [5.74, 6) is -1.91. The van der Waals surface area contributed by atoms with Gasteiger partial charge in [0.25, 0.3) is 0 Å². The summed E-state index contributed by atoms with van der Waals surface area (Å²) in [6.45, 7) is 3.40. The van der Waals surface area contributed by atoms with Crippen LogP contribution in [0.2, 0.25) is 0 Å². The van der Waals surface area contributed by atoms with E-state index in [2.05, 4.69) is 5.10 Å². The summed E-state index contributed by atoms with van der Waals surface area (Å²) in [5.41, 5.74) is 0.328. The maximum absolute atomic E-state index is 12.1. The largest absolute Gasteiger partial charge is 0.478 e. The molecule has 0 aliphatic heterocycles. The first kappa shape index (κ1) is 17.7. The zero-order valence-corrected chi connectivity index (χ0v) is 14.1. The van der Waals surface area contributed by atoms with Gasteiger partial charge < -0.3 is 9.84 Å². The van der Waals surface area contributed by atoms with Crippen LogP contribution in [0.25, 0.3) is 5.69 Å². The Morgan fingerprint density at radius 2 is 1.96 bits per heavy atom. The molecule has 0 amide bonds. The zero-order chi connectivity index (χ0) is 18.1. The molecule has 0 aliphatic rings. The number of hydrogen-bond donors (Lipinski definition) is 1. The summed E-state index contributed by atoms with van der Waals surface area (Å²) in [4.78, 5) is 23.1. The molecule has 0 bridgehead atoms. The van der Waals surface area contributed by atoms with Crippen LogP contribution >= 0.6 is 0 Å². The normalized spacial score (nSPS) is 11.3. The van der Waals surface area contributed by atoms with E-state index in [0.717, 1.165) is 17.0 Å². The topological polar surface area (TPSA) is 116 Å². The molecule has 0 aliphatic carbocycles. The summed E-state index contributed by atoms with van der Waals surface area (Å²) < 4.78 is 30.1. The second-order valence-electron chi connectivity index (χ2n) is 5.06. The SMILES string of the molecule is CCOC(=O)c1cc(C)nn1-c1cc(C(=O)O)ccc1S(C)(=O)=O. The lowest BCUT2D eigenvalue weighted by Crippen LogP contribution is -2.15. The molecule has 1 aromatic carbocycles. The molecule has 1 N–H and O–H groups in total. The highest BCUT2D eigenvalue weighted by Crippen LogP contribution is 2.24. The Morgan fingerprint density at radius 1 is 1.29 bits per heavy atom. The Labute approximate surface area is 138 Å². The highest BCUT2D eigenvalue weighted by molar-refractivity contribution is 7.90. The molecule has 128 valence electrons. The summed E-state index contributed by atoms with van der Waals surface area (Å²) >= 11 is 0. The highest BCUT2D eigenvalue weighted by atomic mass is 32.2. The van der Waals surface area contributed by atoms with Crippen molar-refractivity contribution in [1.82, 2.24) is 9.78 Å². The third-order valence-electron chi connectivity index (χ3n) is 3.15. The number of sulfone groups is 1. The number of carbonyl (C=O) groups is 2. The predicted octanol–water partition coefficient (Wildman–Crippen LogP) is 1.46. The van der Waals surface area contributed by atoms with Crippen LogP contribution in [0.3, 0.4) is 0 Å². The van der Waals surface area contributed by atoms with Gasteiger partial charge in [0.15, 0.2) is 15.5 Å². The number of rotatable bonds is 5. The quantitative estimate of drug-likeness (QED) is 0.810. The van der Waals surface area contributed by atoms with E-state index in [1.54, 1.807) is 13.8 Å². The van der Waals surface area contributed by atoms with Gasteiger partial charge in [0, 0.05) is 6.26 Å². The van der Waals surface area contributed by atoms with Gasteiger partial charge in [0.2, 0.25) is 0 Å². The number of nitrogens with zero attached hydrogens (tertiary/aromatic N) is 2. The lowest BCUT2D eigenvalue weighted by Gasteiger charge is -2.12. The Bertz CT molecular complexity index is 914. The van der Waals surface area contributed by atoms with E-state index in [4.69, 9.17) is 9.84 Å². The Morgan fingerprint density at radius 3 is 2.50 bits per heavy atom. The number of hydrogen-bond acceptors (Lipinski definition) is 6. The van der Waals surface area contributed by atoms with E-state index in [9.17, 15) is 18.0 Å². The van der Waals surface area contributed by atoms with E-state index < -0.39 is 21.8 Å². The lowest BCUT2D eigenvalue weighted by molar-refractivity contribution is 0.0515. The van der Waals surface area contributed by atoms with Crippen molar-refractivity contribution in [3.8, 4) is 5.69 Å². The zero-order valence-electron chi connectivity index (χ0n) is 13.3. The summed E-state index contributed by atoms with van der Waals surface area (Å²) in [7, 11) is -3.68. The maximum atomic E-state index is 12.1. The Kier molecular flexibility index (Phi) is 4.74. The van der Waals surface area contributed by atoms with Gasteiger partial charge in [-0.1, -0.05) is 0 Å². The van der Waals surface area contributed by atoms with E-state index in [0.29, 0.717) is 5.69 Å². The molecule has 1 heterocycles. The molecule has 0 saturated carbocycles. The number of carboxylic acid groups (broad SMARTS) is 1. The molecular weight excluding hydrogens is 336 g/mol. The first-order valence-corrected chi connectivity index (χ1v) is 8.86. The van der Waals surface area contributed by atoms with Gasteiger partial charge in [-0.05, 0) is 38.1 Å². The number of aryl methyl sites for hydroxylation is 1. The van der Waals surface area contributed by atoms with Gasteiger partial charge in [-0.25, -0.2) is 22.7 Å². The van der Waals surface area contributed by atoms with Crippen LogP contribution in [-0.2, 0) is 14.6 Å². The van der Waals surface area contributed by atoms with Crippen molar-refractivity contribution >= 4 is 21.8 Å². The molecule has 9 heteroatoms. The lowest BCUT2D eigenvalue weighted by atomic mass is 10.2. The number of aromatic nitrogens is 2. The molecule has 2 aromatic rings. The second-order valence-corrected chi connectivity index (χ2v) is 7.05. The van der Waals surface area contributed by atoms with Crippen LogP contribution in [0.1, 0.15) is 33.5 Å². The minimum atomic E-state index is -3.68. The monoisotopic (exact) mass is 352 g/mol. The smallest absolute Gasteiger partial charge is 0.357 e. The van der Waals surface area contributed by atoms with Gasteiger partial charge in [-0.2, -0.15) is 5.10 Å². The van der Waals surface area contributed by atoms with Crippen LogP contribution in [0.5, 0.6) is 0 Å². The summed E-state index contributed by atoms with van der Waals surface area (Å²) in [6.07, 6.45) is 0.993. The molecule has 0 unspecified atom stereocenters. The molecule has 0 radical (unpaired) electrons. The molecular formula is C15H16N2O6S. The number of carbonyl (C=O) groups excluding carboxylic acids is 1. The van der Waals surface area contributed by atoms with Crippen molar-refractivity contribution in [2.45, 2.75) is 18.7 Å². The third-order valence-corrected chi connectivity index (χ3v) is 4.29. The van der Waals surface area contributed by atoms with Crippen molar-refractivity contribution in [3.05, 3.63) is 41.2 Å². The third kappa shape index (κ3) is 3.46. The molecule has 0 atom stereocenters. The second kappa shape index (κ2) is 6.44. The van der Waals surface area contributed by atoms with Crippen molar-refractivity contribution < 1.29 is 27.9 Å². The molecule has 0 spiro atoms. The maximum Gasteiger partial charge on any atom is 0.357 e. The van der Waals surface area contributed by atoms with Gasteiger partial charge in [0.1, 0.15) is 0 Å². The van der Waals surface area contributed by atoms with Crippen LogP contribution in [0.4, 0.5) is 0 Å². The Hall–Kier alpha value is -2.68. The van der Waals surface area contributed by atoms with Crippen molar-refractivity contribution in [2.75, 3.05) is 12.9 Å². The molecule has 0 saturated heterocycles. The van der Waals surface area contributed by atoms with E-state index >= 15 is 0 Å². The fourth-order valence-electron chi connectivity index (χ4n) is 2.16. The van der Waals surface area contributed by atoms with Crippen molar-refractivity contribution in [1.29, 1.82) is 0 Å². The van der Waals surface area contributed by atoms with Gasteiger partial charge >= 0.3 is 11.9 Å². The number of esters is 1. The number of benzene rings is 1. The average molecular weight is 352 g/mol. The first-order chi connectivity index (χ1) is 11.1.